The van der Waals surface area contributed by atoms with Crippen LogP contribution in [0.25, 0.3) is 33.8 Å². The molecule has 3 aromatic heterocycles. The summed E-state index contributed by atoms with van der Waals surface area (Å²) in [5.41, 5.74) is 3.42. The van der Waals surface area contributed by atoms with Crippen molar-refractivity contribution in [3.8, 4) is 22.9 Å². The zero-order chi connectivity index (χ0) is 17.3. The highest BCUT2D eigenvalue weighted by Gasteiger charge is 2.11. The van der Waals surface area contributed by atoms with Crippen LogP contribution in [-0.4, -0.2) is 25.4 Å². The third-order valence-corrected chi connectivity index (χ3v) is 3.91. The first-order valence-electron chi connectivity index (χ1n) is 7.89. The van der Waals surface area contributed by atoms with Gasteiger partial charge < -0.3 is 14.2 Å². The number of nitrogens with one attached hydrogen (secondary N) is 2. The predicted molar refractivity (Wildman–Crippen MR) is 94.6 cm³/mol. The number of H-pyrrole nitrogens is 1. The Morgan fingerprint density at radius 1 is 0.962 bits per heavy atom. The fraction of sp³-hybridized carbons (Fsp3) is 0. The third-order valence-electron chi connectivity index (χ3n) is 3.91. The highest BCUT2D eigenvalue weighted by atomic mass is 16.4. The van der Waals surface area contributed by atoms with E-state index in [0.29, 0.717) is 17.8 Å². The van der Waals surface area contributed by atoms with Gasteiger partial charge in [0.05, 0.1) is 17.9 Å². The van der Waals surface area contributed by atoms with Crippen LogP contribution in [0.2, 0.25) is 0 Å². The number of nitrogens with zero attached hydrogens (tertiary/aromatic N) is 4. The molecular formula is C18H12N6O2. The maximum Gasteiger partial charge on any atom is 0.320 e. The van der Waals surface area contributed by atoms with Crippen LogP contribution in [0, 0.1) is 0 Å². The van der Waals surface area contributed by atoms with Gasteiger partial charge in [0.1, 0.15) is 6.26 Å². The van der Waals surface area contributed by atoms with Crippen molar-refractivity contribution in [1.29, 1.82) is 0 Å². The average molecular weight is 344 g/mol. The zero-order valence-electron chi connectivity index (χ0n) is 13.4. The number of rotatable bonds is 4. The minimum atomic E-state index is 0.310. The largest absolute Gasteiger partial charge is 0.445 e. The molecule has 0 saturated heterocycles. The first-order chi connectivity index (χ1) is 12.8. The lowest BCUT2D eigenvalue weighted by molar-refractivity contribution is 0.574. The number of oxazole rings is 1. The molecule has 0 unspecified atom stereocenters. The van der Waals surface area contributed by atoms with Crippen LogP contribution >= 0.6 is 0 Å². The van der Waals surface area contributed by atoms with E-state index in [-0.39, 0.29) is 0 Å². The Kier molecular flexibility index (Phi) is 3.24. The molecule has 0 bridgehead atoms. The molecular weight excluding hydrogens is 332 g/mol. The van der Waals surface area contributed by atoms with E-state index in [4.69, 9.17) is 8.83 Å². The normalized spacial score (nSPS) is 11.1. The van der Waals surface area contributed by atoms with E-state index in [9.17, 15) is 0 Å². The average Bonchev–Trinajstić information content (AvgIpc) is 3.43. The molecule has 0 fully saturated rings. The van der Waals surface area contributed by atoms with E-state index in [1.165, 1.54) is 6.26 Å². The molecule has 26 heavy (non-hydrogen) atoms. The summed E-state index contributed by atoms with van der Waals surface area (Å²) >= 11 is 0. The smallest absolute Gasteiger partial charge is 0.320 e. The lowest BCUT2D eigenvalue weighted by Crippen LogP contribution is -1.89. The van der Waals surface area contributed by atoms with Gasteiger partial charge >= 0.3 is 6.01 Å². The standard InChI is InChI=1S/C18H12N6O2/c1-2-11(16-19-6-7-25-16)8-12(3-1)17-23-24-18(26-17)21-14-4-5-15-13(9-14)10-20-22-15/h1-10H,(H,20,22)(H,21,24). The van der Waals surface area contributed by atoms with Crippen LogP contribution in [-0.2, 0) is 0 Å². The summed E-state index contributed by atoms with van der Waals surface area (Å²) in [5, 5.41) is 19.2. The Hall–Kier alpha value is -3.94. The topological polar surface area (TPSA) is 106 Å². The summed E-state index contributed by atoms with van der Waals surface area (Å²) in [7, 11) is 0. The summed E-state index contributed by atoms with van der Waals surface area (Å²) in [4.78, 5) is 4.15. The second kappa shape index (κ2) is 5.85. The molecule has 126 valence electrons. The molecule has 0 aliphatic rings. The molecule has 8 nitrogen and oxygen atoms in total. The fourth-order valence-corrected chi connectivity index (χ4v) is 2.69. The van der Waals surface area contributed by atoms with Crippen molar-refractivity contribution in [2.75, 3.05) is 5.32 Å². The summed E-state index contributed by atoms with van der Waals surface area (Å²) in [6, 6.07) is 13.7. The molecule has 5 aromatic rings. The monoisotopic (exact) mass is 344 g/mol. The SMILES string of the molecule is c1cc(-c2ncco2)cc(-c2nnc(Nc3ccc4[nH]ncc4c3)o2)c1. The zero-order valence-corrected chi connectivity index (χ0v) is 13.4. The van der Waals surface area contributed by atoms with Gasteiger partial charge in [-0.3, -0.25) is 5.10 Å². The van der Waals surface area contributed by atoms with Crippen LogP contribution in [0.4, 0.5) is 11.7 Å². The van der Waals surface area contributed by atoms with E-state index >= 15 is 0 Å². The molecule has 5 rings (SSSR count). The fourth-order valence-electron chi connectivity index (χ4n) is 2.69. The Labute approximate surface area is 146 Å². The number of aromatic amines is 1. The highest BCUT2D eigenvalue weighted by Crippen LogP contribution is 2.27. The summed E-state index contributed by atoms with van der Waals surface area (Å²) in [6.45, 7) is 0. The van der Waals surface area contributed by atoms with E-state index < -0.39 is 0 Å². The Balaban J connectivity index is 1.42. The minimum absolute atomic E-state index is 0.310. The van der Waals surface area contributed by atoms with Crippen LogP contribution in [0.15, 0.2) is 70.0 Å². The molecule has 0 amide bonds. The summed E-state index contributed by atoms with van der Waals surface area (Å²) < 4.78 is 11.1. The molecule has 0 aliphatic carbocycles. The van der Waals surface area contributed by atoms with Crippen molar-refractivity contribution >= 4 is 22.6 Å². The minimum Gasteiger partial charge on any atom is -0.445 e. The van der Waals surface area contributed by atoms with Crippen molar-refractivity contribution in [1.82, 2.24) is 25.4 Å². The third kappa shape index (κ3) is 2.59. The number of hydrogen-bond donors (Lipinski definition) is 2. The lowest BCUT2D eigenvalue weighted by atomic mass is 10.1. The predicted octanol–water partition coefficient (Wildman–Crippen LogP) is 4.01. The molecule has 0 saturated carbocycles. The van der Waals surface area contributed by atoms with Gasteiger partial charge in [-0.25, -0.2) is 4.98 Å². The molecule has 2 aromatic carbocycles. The van der Waals surface area contributed by atoms with Gasteiger partial charge in [-0.15, -0.1) is 5.10 Å². The maximum absolute atomic E-state index is 5.73. The van der Waals surface area contributed by atoms with Gasteiger partial charge in [0.15, 0.2) is 0 Å². The number of hydrogen-bond acceptors (Lipinski definition) is 7. The quantitative estimate of drug-likeness (QED) is 0.507. The first-order valence-corrected chi connectivity index (χ1v) is 7.89. The second-order valence-corrected chi connectivity index (χ2v) is 5.63. The summed E-state index contributed by atoms with van der Waals surface area (Å²) in [5.74, 6) is 0.948. The Bertz CT molecular complexity index is 1180. The molecule has 0 aliphatic heterocycles. The molecule has 0 spiro atoms. The van der Waals surface area contributed by atoms with Gasteiger partial charge in [0.25, 0.3) is 0 Å². The van der Waals surface area contributed by atoms with Gasteiger partial charge in [-0.05, 0) is 36.4 Å². The van der Waals surface area contributed by atoms with Crippen molar-refractivity contribution in [3.05, 3.63) is 61.1 Å². The molecule has 0 atom stereocenters. The number of fused-ring (bicyclic) bond motifs is 1. The van der Waals surface area contributed by atoms with Gasteiger partial charge in [-0.2, -0.15) is 5.10 Å². The van der Waals surface area contributed by atoms with Gasteiger partial charge in [-0.1, -0.05) is 11.2 Å². The van der Waals surface area contributed by atoms with Crippen LogP contribution < -0.4 is 5.32 Å². The van der Waals surface area contributed by atoms with Crippen molar-refractivity contribution < 1.29 is 8.83 Å². The molecule has 2 N–H and O–H groups in total. The van der Waals surface area contributed by atoms with Gasteiger partial charge in [0.2, 0.25) is 11.8 Å². The second-order valence-electron chi connectivity index (χ2n) is 5.63. The molecule has 3 heterocycles. The van der Waals surface area contributed by atoms with E-state index in [1.807, 2.05) is 42.5 Å². The van der Waals surface area contributed by atoms with E-state index in [0.717, 1.165) is 27.7 Å². The van der Waals surface area contributed by atoms with E-state index in [1.54, 1.807) is 12.4 Å². The number of aromatic nitrogens is 5. The van der Waals surface area contributed by atoms with Crippen molar-refractivity contribution in [2.45, 2.75) is 0 Å². The van der Waals surface area contributed by atoms with Crippen LogP contribution in [0.5, 0.6) is 0 Å². The molecule has 0 radical (unpaired) electrons. The van der Waals surface area contributed by atoms with Gasteiger partial charge in [0, 0.05) is 22.2 Å². The summed E-state index contributed by atoms with van der Waals surface area (Å²) in [6.07, 6.45) is 4.90. The highest BCUT2D eigenvalue weighted by molar-refractivity contribution is 5.82. The van der Waals surface area contributed by atoms with Crippen LogP contribution in [0.1, 0.15) is 0 Å². The lowest BCUT2D eigenvalue weighted by Gasteiger charge is -2.01. The Morgan fingerprint density at radius 3 is 2.77 bits per heavy atom. The first kappa shape index (κ1) is 14.4. The maximum atomic E-state index is 5.73. The van der Waals surface area contributed by atoms with Crippen molar-refractivity contribution in [2.24, 2.45) is 0 Å². The Morgan fingerprint density at radius 2 is 1.88 bits per heavy atom. The number of benzene rings is 2. The molecule has 8 heteroatoms. The van der Waals surface area contributed by atoms with Crippen LogP contribution in [0.3, 0.4) is 0 Å². The van der Waals surface area contributed by atoms with E-state index in [2.05, 4.69) is 30.7 Å². The van der Waals surface area contributed by atoms with Crippen molar-refractivity contribution in [3.63, 3.8) is 0 Å². The number of anilines is 2.